The van der Waals surface area contributed by atoms with Crippen LogP contribution in [0, 0.1) is 12.3 Å². The van der Waals surface area contributed by atoms with E-state index in [1.807, 2.05) is 0 Å². The molecule has 0 aliphatic carbocycles. The highest BCUT2D eigenvalue weighted by atomic mass is 35.7. The molecule has 4 nitrogen and oxygen atoms in total. The van der Waals surface area contributed by atoms with E-state index in [1.54, 1.807) is 17.9 Å². The van der Waals surface area contributed by atoms with Crippen LogP contribution in [-0.2, 0) is 9.05 Å². The first-order valence-corrected chi connectivity index (χ1v) is 9.25. The fraction of sp³-hybridized carbons (Fsp3) is 0.533. The number of carbonyl (C=O) groups is 1. The molecule has 2 rings (SSSR count). The molecule has 1 fully saturated rings. The van der Waals surface area contributed by atoms with Crippen LogP contribution in [-0.4, -0.2) is 32.3 Å². The van der Waals surface area contributed by atoms with Crippen LogP contribution in [0.5, 0.6) is 0 Å². The average Bonchev–Trinajstić information content (AvgIpc) is 2.35. The topological polar surface area (TPSA) is 54.5 Å². The van der Waals surface area contributed by atoms with Gasteiger partial charge in [0.2, 0.25) is 0 Å². The first-order valence-electron chi connectivity index (χ1n) is 6.94. The number of aryl methyl sites for hydroxylation is 1. The van der Waals surface area contributed by atoms with Gasteiger partial charge in [-0.25, -0.2) is 8.42 Å². The highest BCUT2D eigenvalue weighted by molar-refractivity contribution is 8.13. The highest BCUT2D eigenvalue weighted by Crippen LogP contribution is 2.29. The predicted molar refractivity (Wildman–Crippen MR) is 83.1 cm³/mol. The molecule has 1 aromatic carbocycles. The molecule has 0 spiro atoms. The van der Waals surface area contributed by atoms with Gasteiger partial charge in [-0.2, -0.15) is 0 Å². The van der Waals surface area contributed by atoms with Crippen molar-refractivity contribution in [1.82, 2.24) is 4.90 Å². The Morgan fingerprint density at radius 2 is 1.95 bits per heavy atom. The van der Waals surface area contributed by atoms with Crippen molar-refractivity contribution in [2.24, 2.45) is 5.41 Å². The molecular formula is C15H20ClNO3S. The Morgan fingerprint density at radius 1 is 1.29 bits per heavy atom. The first kappa shape index (κ1) is 16.3. The molecule has 1 amide bonds. The Balaban J connectivity index is 2.33. The van der Waals surface area contributed by atoms with Crippen LogP contribution in [0.25, 0.3) is 0 Å². The van der Waals surface area contributed by atoms with Gasteiger partial charge in [-0.05, 0) is 48.9 Å². The van der Waals surface area contributed by atoms with Gasteiger partial charge in [0.05, 0.1) is 4.90 Å². The highest BCUT2D eigenvalue weighted by Gasteiger charge is 2.30. The van der Waals surface area contributed by atoms with E-state index in [1.165, 1.54) is 12.1 Å². The van der Waals surface area contributed by atoms with E-state index in [2.05, 4.69) is 13.8 Å². The lowest BCUT2D eigenvalue weighted by Gasteiger charge is -2.38. The molecule has 1 aliphatic heterocycles. The lowest BCUT2D eigenvalue weighted by atomic mass is 9.84. The second kappa shape index (κ2) is 5.61. The largest absolute Gasteiger partial charge is 0.338 e. The number of hydrogen-bond acceptors (Lipinski definition) is 3. The third-order valence-electron chi connectivity index (χ3n) is 3.77. The van der Waals surface area contributed by atoms with Gasteiger partial charge in [0, 0.05) is 29.3 Å². The third-order valence-corrected chi connectivity index (χ3v) is 5.10. The summed E-state index contributed by atoms with van der Waals surface area (Å²) in [7, 11) is 1.55. The Bertz CT molecular complexity index is 667. The van der Waals surface area contributed by atoms with E-state index >= 15 is 0 Å². The van der Waals surface area contributed by atoms with E-state index in [9.17, 15) is 13.2 Å². The summed E-state index contributed by atoms with van der Waals surface area (Å²) in [6.07, 6.45) is 2.05. The molecule has 1 aliphatic rings. The molecule has 0 N–H and O–H groups in total. The monoisotopic (exact) mass is 329 g/mol. The van der Waals surface area contributed by atoms with Crippen LogP contribution in [0.2, 0.25) is 0 Å². The zero-order valence-corrected chi connectivity index (χ0v) is 14.1. The van der Waals surface area contributed by atoms with E-state index in [4.69, 9.17) is 10.7 Å². The lowest BCUT2D eigenvalue weighted by molar-refractivity contribution is 0.0583. The summed E-state index contributed by atoms with van der Waals surface area (Å²) in [5.74, 6) is -0.131. The zero-order valence-electron chi connectivity index (χ0n) is 12.5. The Labute approximate surface area is 130 Å². The Kier molecular flexibility index (Phi) is 4.36. The fourth-order valence-corrected chi connectivity index (χ4v) is 3.65. The fourth-order valence-electron chi connectivity index (χ4n) is 2.79. The SMILES string of the molecule is Cc1cc(C(=O)N2CCCC(C)(C)C2)cc(S(=O)(=O)Cl)c1. The van der Waals surface area contributed by atoms with Crippen molar-refractivity contribution in [3.63, 3.8) is 0 Å². The van der Waals surface area contributed by atoms with Crippen molar-refractivity contribution in [1.29, 1.82) is 0 Å². The maximum atomic E-state index is 12.6. The predicted octanol–water partition coefficient (Wildman–Crippen LogP) is 3.18. The van der Waals surface area contributed by atoms with Crippen LogP contribution in [0.4, 0.5) is 0 Å². The maximum absolute atomic E-state index is 12.6. The van der Waals surface area contributed by atoms with Crippen LogP contribution >= 0.6 is 10.7 Å². The molecule has 0 atom stereocenters. The Morgan fingerprint density at radius 3 is 2.52 bits per heavy atom. The number of likely N-dealkylation sites (tertiary alicyclic amines) is 1. The minimum absolute atomic E-state index is 0.0243. The van der Waals surface area contributed by atoms with Gasteiger partial charge in [0.15, 0.2) is 0 Å². The number of carbonyl (C=O) groups excluding carboxylic acids is 1. The summed E-state index contributed by atoms with van der Waals surface area (Å²) < 4.78 is 23.0. The third kappa shape index (κ3) is 3.98. The summed E-state index contributed by atoms with van der Waals surface area (Å²) in [5, 5.41) is 0. The molecule has 1 aromatic rings. The summed E-state index contributed by atoms with van der Waals surface area (Å²) in [6.45, 7) is 7.42. The Hall–Kier alpha value is -1.07. The molecule has 116 valence electrons. The van der Waals surface area contributed by atoms with Crippen LogP contribution < -0.4 is 0 Å². The van der Waals surface area contributed by atoms with Gasteiger partial charge in [0.25, 0.3) is 15.0 Å². The van der Waals surface area contributed by atoms with E-state index in [-0.39, 0.29) is 16.2 Å². The second-order valence-corrected chi connectivity index (χ2v) is 9.03. The number of halogens is 1. The molecule has 1 heterocycles. The molecule has 0 radical (unpaired) electrons. The molecule has 0 aromatic heterocycles. The quantitative estimate of drug-likeness (QED) is 0.783. The van der Waals surface area contributed by atoms with E-state index < -0.39 is 9.05 Å². The van der Waals surface area contributed by atoms with Crippen molar-refractivity contribution in [2.75, 3.05) is 13.1 Å². The molecule has 1 saturated heterocycles. The van der Waals surface area contributed by atoms with Gasteiger partial charge >= 0.3 is 0 Å². The van der Waals surface area contributed by atoms with Crippen LogP contribution in [0.1, 0.15) is 42.6 Å². The van der Waals surface area contributed by atoms with E-state index in [0.29, 0.717) is 24.2 Å². The minimum atomic E-state index is -3.83. The van der Waals surface area contributed by atoms with Crippen LogP contribution in [0.15, 0.2) is 23.1 Å². The molecule has 21 heavy (non-hydrogen) atoms. The second-order valence-electron chi connectivity index (χ2n) is 6.47. The van der Waals surface area contributed by atoms with Crippen molar-refractivity contribution in [2.45, 2.75) is 38.5 Å². The minimum Gasteiger partial charge on any atom is -0.338 e. The lowest BCUT2D eigenvalue weighted by Crippen LogP contribution is -2.43. The zero-order chi connectivity index (χ0) is 15.8. The summed E-state index contributed by atoms with van der Waals surface area (Å²) in [6, 6.07) is 4.54. The van der Waals surface area contributed by atoms with Crippen molar-refractivity contribution < 1.29 is 13.2 Å². The number of piperidine rings is 1. The number of amides is 1. The first-order chi connectivity index (χ1) is 9.58. The maximum Gasteiger partial charge on any atom is 0.261 e. The van der Waals surface area contributed by atoms with Gasteiger partial charge < -0.3 is 4.90 Å². The molecule has 0 unspecified atom stereocenters. The van der Waals surface area contributed by atoms with Gasteiger partial charge in [0.1, 0.15) is 0 Å². The number of benzene rings is 1. The number of nitrogens with zero attached hydrogens (tertiary/aromatic N) is 1. The van der Waals surface area contributed by atoms with Gasteiger partial charge in [-0.15, -0.1) is 0 Å². The molecule has 0 bridgehead atoms. The summed E-state index contributed by atoms with van der Waals surface area (Å²) in [4.78, 5) is 14.4. The van der Waals surface area contributed by atoms with Gasteiger partial charge in [-0.1, -0.05) is 13.8 Å². The molecule has 6 heteroatoms. The normalized spacial score (nSPS) is 18.6. The summed E-state index contributed by atoms with van der Waals surface area (Å²) >= 11 is 0. The van der Waals surface area contributed by atoms with Crippen molar-refractivity contribution >= 4 is 25.6 Å². The summed E-state index contributed by atoms with van der Waals surface area (Å²) in [5.41, 5.74) is 1.18. The average molecular weight is 330 g/mol. The van der Waals surface area contributed by atoms with E-state index in [0.717, 1.165) is 12.8 Å². The van der Waals surface area contributed by atoms with Crippen molar-refractivity contribution in [3.05, 3.63) is 29.3 Å². The number of hydrogen-bond donors (Lipinski definition) is 0. The van der Waals surface area contributed by atoms with Gasteiger partial charge in [-0.3, -0.25) is 4.79 Å². The molecular weight excluding hydrogens is 310 g/mol. The standard InChI is InChI=1S/C15H20ClNO3S/c1-11-7-12(9-13(8-11)21(16,19)20)14(18)17-6-4-5-15(2,3)10-17/h7-9H,4-6,10H2,1-3H3. The van der Waals surface area contributed by atoms with Crippen molar-refractivity contribution in [3.8, 4) is 0 Å². The smallest absolute Gasteiger partial charge is 0.261 e. The van der Waals surface area contributed by atoms with Crippen LogP contribution in [0.3, 0.4) is 0 Å². The molecule has 0 saturated carbocycles. The number of rotatable bonds is 2.